The van der Waals surface area contributed by atoms with Gasteiger partial charge in [0.1, 0.15) is 18.0 Å². The van der Waals surface area contributed by atoms with Gasteiger partial charge in [-0.25, -0.2) is 0 Å². The first-order valence-corrected chi connectivity index (χ1v) is 10.1. The van der Waals surface area contributed by atoms with Crippen LogP contribution >= 0.6 is 0 Å². The van der Waals surface area contributed by atoms with Crippen molar-refractivity contribution >= 4 is 11.9 Å². The molecule has 0 N–H and O–H groups in total. The Bertz CT molecular complexity index is 664. The summed E-state index contributed by atoms with van der Waals surface area (Å²) in [4.78, 5) is 29.2. The van der Waals surface area contributed by atoms with Gasteiger partial charge in [0.2, 0.25) is 5.91 Å². The van der Waals surface area contributed by atoms with Gasteiger partial charge < -0.3 is 14.4 Å². The zero-order valence-electron chi connectivity index (χ0n) is 15.8. The number of carbonyl (C=O) groups excluding carboxylic acids is 2. The molecular weight excluding hydrogens is 344 g/mol. The van der Waals surface area contributed by atoms with Crippen LogP contribution in [0.5, 0.6) is 5.75 Å². The van der Waals surface area contributed by atoms with E-state index in [9.17, 15) is 9.59 Å². The monoisotopic (exact) mass is 372 g/mol. The lowest BCUT2D eigenvalue weighted by Crippen LogP contribution is -2.53. The SMILES string of the molecule is O=C1CC(C(=O)N2CCN(CCOc3ccccc3)CC2)C2(CCCC2)O1. The van der Waals surface area contributed by atoms with Gasteiger partial charge in [-0.2, -0.15) is 0 Å². The number of hydrogen-bond donors (Lipinski definition) is 0. The second-order valence-corrected chi connectivity index (χ2v) is 7.83. The van der Waals surface area contributed by atoms with Gasteiger partial charge in [0.15, 0.2) is 0 Å². The van der Waals surface area contributed by atoms with E-state index < -0.39 is 5.60 Å². The number of rotatable bonds is 5. The summed E-state index contributed by atoms with van der Waals surface area (Å²) in [5.74, 6) is 0.523. The molecule has 1 unspecified atom stereocenters. The number of para-hydroxylation sites is 1. The Morgan fingerprint density at radius 2 is 1.81 bits per heavy atom. The average Bonchev–Trinajstić information content (AvgIpc) is 3.29. The number of piperazine rings is 1. The van der Waals surface area contributed by atoms with Gasteiger partial charge in [-0.05, 0) is 37.8 Å². The predicted molar refractivity (Wildman–Crippen MR) is 100 cm³/mol. The summed E-state index contributed by atoms with van der Waals surface area (Å²) in [5, 5.41) is 0. The molecule has 4 rings (SSSR count). The molecule has 27 heavy (non-hydrogen) atoms. The second kappa shape index (κ2) is 7.89. The fourth-order valence-electron chi connectivity index (χ4n) is 4.65. The van der Waals surface area contributed by atoms with Crippen LogP contribution in [0.25, 0.3) is 0 Å². The van der Waals surface area contributed by atoms with Crippen molar-refractivity contribution in [3.05, 3.63) is 30.3 Å². The summed E-state index contributed by atoms with van der Waals surface area (Å²) in [5.41, 5.74) is -0.505. The van der Waals surface area contributed by atoms with Crippen LogP contribution in [0.3, 0.4) is 0 Å². The van der Waals surface area contributed by atoms with Crippen molar-refractivity contribution in [2.24, 2.45) is 5.92 Å². The van der Waals surface area contributed by atoms with E-state index in [0.717, 1.165) is 51.1 Å². The number of carbonyl (C=O) groups is 2. The molecule has 3 aliphatic rings. The summed E-state index contributed by atoms with van der Waals surface area (Å²) >= 11 is 0. The van der Waals surface area contributed by atoms with Crippen LogP contribution in [0, 0.1) is 5.92 Å². The number of benzene rings is 1. The second-order valence-electron chi connectivity index (χ2n) is 7.83. The fourth-order valence-corrected chi connectivity index (χ4v) is 4.65. The van der Waals surface area contributed by atoms with E-state index in [1.807, 2.05) is 35.2 Å². The Labute approximate surface area is 160 Å². The third-order valence-electron chi connectivity index (χ3n) is 6.17. The Morgan fingerprint density at radius 1 is 1.11 bits per heavy atom. The quantitative estimate of drug-likeness (QED) is 0.741. The smallest absolute Gasteiger partial charge is 0.307 e. The summed E-state index contributed by atoms with van der Waals surface area (Å²) in [6.07, 6.45) is 4.03. The molecular formula is C21H28N2O4. The summed E-state index contributed by atoms with van der Waals surface area (Å²) < 4.78 is 11.4. The van der Waals surface area contributed by atoms with E-state index in [4.69, 9.17) is 9.47 Å². The molecule has 1 atom stereocenters. The average molecular weight is 372 g/mol. The Hall–Kier alpha value is -2.08. The zero-order chi connectivity index (χ0) is 18.7. The highest BCUT2D eigenvalue weighted by molar-refractivity contribution is 5.88. The molecule has 1 aromatic rings. The number of nitrogens with zero attached hydrogens (tertiary/aromatic N) is 2. The van der Waals surface area contributed by atoms with Gasteiger partial charge in [0.05, 0.1) is 12.3 Å². The molecule has 0 bridgehead atoms. The summed E-state index contributed by atoms with van der Waals surface area (Å²) in [6.45, 7) is 4.62. The molecule has 0 radical (unpaired) electrons. The summed E-state index contributed by atoms with van der Waals surface area (Å²) in [7, 11) is 0. The van der Waals surface area contributed by atoms with Crippen molar-refractivity contribution in [1.82, 2.24) is 9.80 Å². The number of amides is 1. The number of hydrogen-bond acceptors (Lipinski definition) is 5. The fraction of sp³-hybridized carbons (Fsp3) is 0.619. The Morgan fingerprint density at radius 3 is 2.52 bits per heavy atom. The first kappa shape index (κ1) is 18.3. The molecule has 2 saturated heterocycles. The largest absolute Gasteiger partial charge is 0.492 e. The van der Waals surface area contributed by atoms with Crippen LogP contribution < -0.4 is 4.74 Å². The van der Waals surface area contributed by atoms with Gasteiger partial charge in [-0.1, -0.05) is 18.2 Å². The van der Waals surface area contributed by atoms with E-state index in [1.165, 1.54) is 0 Å². The van der Waals surface area contributed by atoms with Crippen LogP contribution in [0.2, 0.25) is 0 Å². The molecule has 3 fully saturated rings. The maximum absolute atomic E-state index is 13.1. The maximum Gasteiger partial charge on any atom is 0.307 e. The molecule has 6 heteroatoms. The molecule has 146 valence electrons. The first-order chi connectivity index (χ1) is 13.2. The third-order valence-corrected chi connectivity index (χ3v) is 6.17. The normalized spacial score (nSPS) is 25.0. The van der Waals surface area contributed by atoms with E-state index >= 15 is 0 Å². The highest BCUT2D eigenvalue weighted by Crippen LogP contribution is 2.46. The van der Waals surface area contributed by atoms with Gasteiger partial charge in [0, 0.05) is 32.7 Å². The molecule has 6 nitrogen and oxygen atoms in total. The molecule has 1 spiro atoms. The van der Waals surface area contributed by atoms with Crippen LogP contribution in [-0.2, 0) is 14.3 Å². The third kappa shape index (κ3) is 3.95. The molecule has 1 aromatic carbocycles. The Kier molecular flexibility index (Phi) is 5.34. The predicted octanol–water partition coefficient (Wildman–Crippen LogP) is 2.09. The van der Waals surface area contributed by atoms with Crippen molar-refractivity contribution < 1.29 is 19.1 Å². The van der Waals surface area contributed by atoms with Crippen LogP contribution in [0.4, 0.5) is 0 Å². The lowest BCUT2D eigenvalue weighted by atomic mass is 9.84. The minimum atomic E-state index is -0.505. The molecule has 2 heterocycles. The van der Waals surface area contributed by atoms with Gasteiger partial charge >= 0.3 is 5.97 Å². The van der Waals surface area contributed by atoms with Gasteiger partial charge in [0.25, 0.3) is 0 Å². The molecule has 2 aliphatic heterocycles. The highest BCUT2D eigenvalue weighted by Gasteiger charge is 2.54. The van der Waals surface area contributed by atoms with Crippen LogP contribution in [0.15, 0.2) is 30.3 Å². The van der Waals surface area contributed by atoms with E-state index in [2.05, 4.69) is 4.90 Å². The summed E-state index contributed by atoms with van der Waals surface area (Å²) in [6, 6.07) is 9.82. The topological polar surface area (TPSA) is 59.1 Å². The van der Waals surface area contributed by atoms with E-state index in [1.54, 1.807) is 0 Å². The molecule has 1 aliphatic carbocycles. The van der Waals surface area contributed by atoms with Crippen molar-refractivity contribution in [3.8, 4) is 5.75 Å². The zero-order valence-corrected chi connectivity index (χ0v) is 15.8. The van der Waals surface area contributed by atoms with Crippen molar-refractivity contribution in [2.75, 3.05) is 39.3 Å². The van der Waals surface area contributed by atoms with Gasteiger partial charge in [-0.15, -0.1) is 0 Å². The lowest BCUT2D eigenvalue weighted by Gasteiger charge is -2.38. The number of ether oxygens (including phenoxy) is 2. The maximum atomic E-state index is 13.1. The molecule has 1 amide bonds. The van der Waals surface area contributed by atoms with Crippen LogP contribution in [0.1, 0.15) is 32.1 Å². The molecule has 1 saturated carbocycles. The van der Waals surface area contributed by atoms with Crippen LogP contribution in [-0.4, -0.2) is 66.6 Å². The first-order valence-electron chi connectivity index (χ1n) is 10.1. The minimum Gasteiger partial charge on any atom is -0.492 e. The van der Waals surface area contributed by atoms with Crippen molar-refractivity contribution in [3.63, 3.8) is 0 Å². The van der Waals surface area contributed by atoms with E-state index in [-0.39, 0.29) is 24.2 Å². The Balaban J connectivity index is 1.25. The number of esters is 1. The highest BCUT2D eigenvalue weighted by atomic mass is 16.6. The van der Waals surface area contributed by atoms with Crippen molar-refractivity contribution in [1.29, 1.82) is 0 Å². The van der Waals surface area contributed by atoms with Crippen molar-refractivity contribution in [2.45, 2.75) is 37.7 Å². The minimum absolute atomic E-state index is 0.114. The standard InChI is InChI=1S/C21H28N2O4/c24-19-16-18(21(27-19)8-4-5-9-21)20(25)23-12-10-22(11-13-23)14-15-26-17-6-2-1-3-7-17/h1-3,6-7,18H,4-5,8-16H2. The lowest BCUT2D eigenvalue weighted by molar-refractivity contribution is -0.152. The van der Waals surface area contributed by atoms with E-state index in [0.29, 0.717) is 19.7 Å². The van der Waals surface area contributed by atoms with Gasteiger partial charge in [-0.3, -0.25) is 14.5 Å². The molecule has 0 aromatic heterocycles.